The van der Waals surface area contributed by atoms with Gasteiger partial charge in [-0.15, -0.1) is 0 Å². The summed E-state index contributed by atoms with van der Waals surface area (Å²) in [6.07, 6.45) is 0.748. The Hall–Kier alpha value is -3.65. The zero-order chi connectivity index (χ0) is 22.0. The standard InChI is InChI=1S/C22H20ClN5O3/c1-2-12-3-7-14(8-4-12)24-20(30)16-11-17(29)26-19-18(16)21(31)28-22(27-19)25-15-9-5-13(23)6-10-15/h3-10,16H,2,11H2,1H3,(H,24,30)(H3,25,26,27,28,29,31)/t16-/m1/s1. The molecule has 2 amide bonds. The minimum Gasteiger partial charge on any atom is -0.326 e. The number of anilines is 4. The molecule has 9 heteroatoms. The first kappa shape index (κ1) is 20.6. The van der Waals surface area contributed by atoms with Gasteiger partial charge < -0.3 is 16.0 Å². The summed E-state index contributed by atoms with van der Waals surface area (Å²) in [6, 6.07) is 14.2. The molecular weight excluding hydrogens is 418 g/mol. The van der Waals surface area contributed by atoms with E-state index in [1.807, 2.05) is 19.1 Å². The summed E-state index contributed by atoms with van der Waals surface area (Å²) in [4.78, 5) is 44.8. The summed E-state index contributed by atoms with van der Waals surface area (Å²) in [5.74, 6) is -1.56. The molecule has 4 rings (SSSR count). The number of halogens is 1. The van der Waals surface area contributed by atoms with E-state index in [4.69, 9.17) is 11.6 Å². The molecule has 158 valence electrons. The van der Waals surface area contributed by atoms with Gasteiger partial charge in [0.2, 0.25) is 17.8 Å². The van der Waals surface area contributed by atoms with Crippen LogP contribution in [0.2, 0.25) is 5.02 Å². The average molecular weight is 438 g/mol. The Morgan fingerprint density at radius 1 is 1.10 bits per heavy atom. The van der Waals surface area contributed by atoms with E-state index in [2.05, 4.69) is 25.9 Å². The van der Waals surface area contributed by atoms with E-state index in [-0.39, 0.29) is 29.7 Å². The van der Waals surface area contributed by atoms with Gasteiger partial charge >= 0.3 is 0 Å². The van der Waals surface area contributed by atoms with Crippen LogP contribution in [0.25, 0.3) is 0 Å². The van der Waals surface area contributed by atoms with Crippen molar-refractivity contribution in [2.24, 2.45) is 0 Å². The van der Waals surface area contributed by atoms with Crippen LogP contribution in [0.15, 0.2) is 53.3 Å². The van der Waals surface area contributed by atoms with Gasteiger partial charge in [-0.2, -0.15) is 4.98 Å². The molecule has 2 aromatic carbocycles. The van der Waals surface area contributed by atoms with Crippen LogP contribution in [0.3, 0.4) is 0 Å². The summed E-state index contributed by atoms with van der Waals surface area (Å²) in [5, 5.41) is 8.90. The molecule has 1 atom stereocenters. The fourth-order valence-electron chi connectivity index (χ4n) is 3.38. The Labute approximate surface area is 183 Å². The largest absolute Gasteiger partial charge is 0.326 e. The van der Waals surface area contributed by atoms with Crippen LogP contribution in [-0.2, 0) is 16.0 Å². The third-order valence-corrected chi connectivity index (χ3v) is 5.26. The summed E-state index contributed by atoms with van der Waals surface area (Å²) < 4.78 is 0. The molecule has 0 radical (unpaired) electrons. The SMILES string of the molecule is CCc1ccc(NC(=O)[C@@H]2CC(=O)Nc3nc(Nc4ccc(Cl)cc4)[nH]c(=O)c32)cc1. The van der Waals surface area contributed by atoms with Gasteiger partial charge in [0.25, 0.3) is 5.56 Å². The topological polar surface area (TPSA) is 116 Å². The van der Waals surface area contributed by atoms with E-state index >= 15 is 0 Å². The molecule has 3 aromatic rings. The van der Waals surface area contributed by atoms with Crippen LogP contribution >= 0.6 is 11.6 Å². The summed E-state index contributed by atoms with van der Waals surface area (Å²) >= 11 is 5.88. The first-order valence-electron chi connectivity index (χ1n) is 9.79. The second-order valence-corrected chi connectivity index (χ2v) is 7.59. The van der Waals surface area contributed by atoms with E-state index in [1.165, 1.54) is 0 Å². The van der Waals surface area contributed by atoms with Crippen LogP contribution in [-0.4, -0.2) is 21.8 Å². The molecule has 0 unspecified atom stereocenters. The smallest absolute Gasteiger partial charge is 0.258 e. The zero-order valence-electron chi connectivity index (χ0n) is 16.7. The molecule has 0 bridgehead atoms. The lowest BCUT2D eigenvalue weighted by Gasteiger charge is -2.23. The van der Waals surface area contributed by atoms with Gasteiger partial charge in [0.1, 0.15) is 5.82 Å². The quantitative estimate of drug-likeness (QED) is 0.484. The van der Waals surface area contributed by atoms with E-state index in [0.29, 0.717) is 16.4 Å². The minimum absolute atomic E-state index is 0.0675. The fraction of sp³-hybridized carbons (Fsp3) is 0.182. The number of aryl methyl sites for hydroxylation is 1. The molecule has 8 nitrogen and oxygen atoms in total. The van der Waals surface area contributed by atoms with Gasteiger partial charge in [-0.25, -0.2) is 0 Å². The molecule has 0 fully saturated rings. The molecule has 31 heavy (non-hydrogen) atoms. The van der Waals surface area contributed by atoms with Crippen molar-refractivity contribution in [1.29, 1.82) is 0 Å². The number of amides is 2. The zero-order valence-corrected chi connectivity index (χ0v) is 17.4. The number of aromatic amines is 1. The second kappa shape index (κ2) is 8.61. The van der Waals surface area contributed by atoms with E-state index in [9.17, 15) is 14.4 Å². The van der Waals surface area contributed by atoms with Gasteiger partial charge in [0.05, 0.1) is 11.5 Å². The molecule has 0 aliphatic carbocycles. The minimum atomic E-state index is -0.949. The molecular formula is C22H20ClN5O3. The maximum Gasteiger partial charge on any atom is 0.258 e. The average Bonchev–Trinajstić information content (AvgIpc) is 2.75. The molecule has 1 aliphatic heterocycles. The van der Waals surface area contributed by atoms with Gasteiger partial charge in [-0.1, -0.05) is 30.7 Å². The number of H-pyrrole nitrogens is 1. The van der Waals surface area contributed by atoms with Crippen molar-refractivity contribution in [3.05, 3.63) is 75.0 Å². The molecule has 4 N–H and O–H groups in total. The highest BCUT2D eigenvalue weighted by atomic mass is 35.5. The van der Waals surface area contributed by atoms with Gasteiger partial charge in [0, 0.05) is 22.8 Å². The summed E-state index contributed by atoms with van der Waals surface area (Å²) in [6.45, 7) is 2.04. The Morgan fingerprint density at radius 2 is 1.77 bits per heavy atom. The maximum absolute atomic E-state index is 12.9. The van der Waals surface area contributed by atoms with Gasteiger partial charge in [-0.05, 0) is 48.4 Å². The molecule has 2 heterocycles. The molecule has 0 saturated carbocycles. The Balaban J connectivity index is 1.60. The van der Waals surface area contributed by atoms with Crippen LogP contribution in [0.4, 0.5) is 23.1 Å². The first-order valence-corrected chi connectivity index (χ1v) is 10.2. The number of fused-ring (bicyclic) bond motifs is 1. The Bertz CT molecular complexity index is 1190. The van der Waals surface area contributed by atoms with Crippen LogP contribution in [0.5, 0.6) is 0 Å². The summed E-state index contributed by atoms with van der Waals surface area (Å²) in [7, 11) is 0. The number of aromatic nitrogens is 2. The van der Waals surface area contributed by atoms with E-state index < -0.39 is 17.4 Å². The highest BCUT2D eigenvalue weighted by molar-refractivity contribution is 6.30. The number of nitrogens with one attached hydrogen (secondary N) is 4. The van der Waals surface area contributed by atoms with Crippen molar-refractivity contribution < 1.29 is 9.59 Å². The first-order chi connectivity index (χ1) is 14.9. The van der Waals surface area contributed by atoms with E-state index in [1.54, 1.807) is 36.4 Å². The predicted octanol–water partition coefficient (Wildman–Crippen LogP) is 3.79. The number of carbonyl (C=O) groups is 2. The number of benzene rings is 2. The molecule has 0 spiro atoms. The van der Waals surface area contributed by atoms with Crippen molar-refractivity contribution in [2.45, 2.75) is 25.7 Å². The lowest BCUT2D eigenvalue weighted by molar-refractivity contribution is -0.123. The van der Waals surface area contributed by atoms with Crippen LogP contribution in [0, 0.1) is 0 Å². The van der Waals surface area contributed by atoms with Crippen molar-refractivity contribution in [1.82, 2.24) is 9.97 Å². The van der Waals surface area contributed by atoms with Crippen LogP contribution < -0.4 is 21.5 Å². The third-order valence-electron chi connectivity index (χ3n) is 5.00. The Morgan fingerprint density at radius 3 is 2.45 bits per heavy atom. The lowest BCUT2D eigenvalue weighted by atomic mass is 9.92. The van der Waals surface area contributed by atoms with Crippen molar-refractivity contribution in [3.8, 4) is 0 Å². The number of carbonyl (C=O) groups excluding carboxylic acids is 2. The predicted molar refractivity (Wildman–Crippen MR) is 120 cm³/mol. The molecule has 1 aromatic heterocycles. The van der Waals surface area contributed by atoms with Crippen molar-refractivity contribution in [2.75, 3.05) is 16.0 Å². The summed E-state index contributed by atoms with van der Waals surface area (Å²) in [5.41, 5.74) is 2.02. The van der Waals surface area contributed by atoms with Gasteiger partial charge in [0.15, 0.2) is 0 Å². The number of hydrogen-bond donors (Lipinski definition) is 4. The third kappa shape index (κ3) is 4.59. The number of nitrogens with zero attached hydrogens (tertiary/aromatic N) is 1. The Kier molecular flexibility index (Phi) is 5.73. The molecule has 1 aliphatic rings. The lowest BCUT2D eigenvalue weighted by Crippen LogP contribution is -2.36. The molecule has 0 saturated heterocycles. The van der Waals surface area contributed by atoms with Crippen LogP contribution in [0.1, 0.15) is 30.4 Å². The monoisotopic (exact) mass is 437 g/mol. The number of rotatable bonds is 5. The van der Waals surface area contributed by atoms with Crippen molar-refractivity contribution >= 4 is 46.6 Å². The highest BCUT2D eigenvalue weighted by Gasteiger charge is 2.34. The second-order valence-electron chi connectivity index (χ2n) is 7.15. The van der Waals surface area contributed by atoms with E-state index in [0.717, 1.165) is 12.0 Å². The van der Waals surface area contributed by atoms with Crippen molar-refractivity contribution in [3.63, 3.8) is 0 Å². The van der Waals surface area contributed by atoms with Gasteiger partial charge in [-0.3, -0.25) is 19.4 Å². The normalized spacial score (nSPS) is 15.0. The maximum atomic E-state index is 12.9. The fourth-order valence-corrected chi connectivity index (χ4v) is 3.50. The number of hydrogen-bond acceptors (Lipinski definition) is 5. The highest BCUT2D eigenvalue weighted by Crippen LogP contribution is 2.30.